The number of rotatable bonds is 6. The van der Waals surface area contributed by atoms with Crippen molar-refractivity contribution in [2.75, 3.05) is 11.9 Å². The minimum Gasteiger partial charge on any atom is -0.456 e. The van der Waals surface area contributed by atoms with Gasteiger partial charge in [0.15, 0.2) is 6.61 Å². The van der Waals surface area contributed by atoms with Gasteiger partial charge in [0.05, 0.1) is 0 Å². The number of nitrogens with one attached hydrogen (secondary N) is 1. The van der Waals surface area contributed by atoms with Crippen molar-refractivity contribution in [3.63, 3.8) is 0 Å². The number of aryl methyl sites for hydroxylation is 1. The van der Waals surface area contributed by atoms with Crippen molar-refractivity contribution in [2.45, 2.75) is 19.3 Å². The molecule has 1 aromatic rings. The van der Waals surface area contributed by atoms with Crippen LogP contribution in [-0.2, 0) is 14.3 Å². The lowest BCUT2D eigenvalue weighted by molar-refractivity contribution is -0.176. The third kappa shape index (κ3) is 5.94. The molecule has 22 heavy (non-hydrogen) atoms. The van der Waals surface area contributed by atoms with Gasteiger partial charge in [0.2, 0.25) is 5.91 Å². The predicted octanol–water partition coefficient (Wildman–Crippen LogP) is 2.93. The first-order valence-corrected chi connectivity index (χ1v) is 6.09. The standard InChI is InChI=1S/C14H13F4NO3/c1-9-2-4-10(5-3-9)19-11(20)6-7-12(21)22-8-14(17,18)13(15)16/h2-7,13H,8H2,1H3,(H,19,20). The second-order valence-corrected chi connectivity index (χ2v) is 4.36. The molecule has 1 amide bonds. The molecular weight excluding hydrogens is 306 g/mol. The van der Waals surface area contributed by atoms with Crippen LogP contribution in [-0.4, -0.2) is 30.8 Å². The second kappa shape index (κ2) is 7.58. The lowest BCUT2D eigenvalue weighted by atomic mass is 10.2. The number of benzene rings is 1. The molecule has 0 saturated heterocycles. The molecule has 0 aliphatic carbocycles. The normalized spacial score (nSPS) is 11.7. The molecule has 0 aromatic heterocycles. The number of halogens is 4. The summed E-state index contributed by atoms with van der Waals surface area (Å²) in [7, 11) is 0. The van der Waals surface area contributed by atoms with Crippen LogP contribution in [0.5, 0.6) is 0 Å². The number of ether oxygens (including phenoxy) is 1. The fourth-order valence-electron chi connectivity index (χ4n) is 1.24. The topological polar surface area (TPSA) is 55.4 Å². The van der Waals surface area contributed by atoms with Crippen molar-refractivity contribution in [2.24, 2.45) is 0 Å². The van der Waals surface area contributed by atoms with E-state index in [0.717, 1.165) is 11.6 Å². The maximum atomic E-state index is 12.5. The molecule has 0 heterocycles. The summed E-state index contributed by atoms with van der Waals surface area (Å²) >= 11 is 0. The maximum absolute atomic E-state index is 12.5. The Balaban J connectivity index is 2.45. The number of carbonyl (C=O) groups excluding carboxylic acids is 2. The van der Waals surface area contributed by atoms with Crippen LogP contribution in [0.3, 0.4) is 0 Å². The van der Waals surface area contributed by atoms with Crippen LogP contribution in [0.15, 0.2) is 36.4 Å². The van der Waals surface area contributed by atoms with E-state index in [1.54, 1.807) is 24.3 Å². The first kappa shape index (κ1) is 17.7. The predicted molar refractivity (Wildman–Crippen MR) is 70.9 cm³/mol. The van der Waals surface area contributed by atoms with Crippen molar-refractivity contribution in [1.82, 2.24) is 0 Å². The number of amides is 1. The van der Waals surface area contributed by atoms with Crippen molar-refractivity contribution in [3.05, 3.63) is 42.0 Å². The van der Waals surface area contributed by atoms with Gasteiger partial charge in [0, 0.05) is 17.8 Å². The van der Waals surface area contributed by atoms with Crippen LogP contribution in [0.4, 0.5) is 23.2 Å². The van der Waals surface area contributed by atoms with E-state index in [1.807, 2.05) is 6.92 Å². The van der Waals surface area contributed by atoms with Gasteiger partial charge in [0.1, 0.15) is 0 Å². The summed E-state index contributed by atoms with van der Waals surface area (Å²) in [6.45, 7) is 0.101. The van der Waals surface area contributed by atoms with Crippen LogP contribution < -0.4 is 5.32 Å². The van der Waals surface area contributed by atoms with Crippen LogP contribution >= 0.6 is 0 Å². The lowest BCUT2D eigenvalue weighted by Crippen LogP contribution is -2.33. The Morgan fingerprint density at radius 2 is 1.82 bits per heavy atom. The third-order valence-electron chi connectivity index (χ3n) is 2.42. The zero-order valence-corrected chi connectivity index (χ0v) is 11.5. The van der Waals surface area contributed by atoms with Crippen LogP contribution in [0, 0.1) is 6.92 Å². The molecule has 1 N–H and O–H groups in total. The molecule has 1 aromatic carbocycles. The summed E-state index contributed by atoms with van der Waals surface area (Å²) in [5.74, 6) is -6.44. The smallest absolute Gasteiger partial charge is 0.340 e. The van der Waals surface area contributed by atoms with Crippen molar-refractivity contribution in [3.8, 4) is 0 Å². The van der Waals surface area contributed by atoms with Crippen LogP contribution in [0.2, 0.25) is 0 Å². The molecule has 0 saturated carbocycles. The van der Waals surface area contributed by atoms with E-state index in [4.69, 9.17) is 0 Å². The average molecular weight is 319 g/mol. The van der Waals surface area contributed by atoms with E-state index in [2.05, 4.69) is 10.1 Å². The Morgan fingerprint density at radius 3 is 2.36 bits per heavy atom. The molecule has 120 valence electrons. The zero-order valence-electron chi connectivity index (χ0n) is 11.5. The van der Waals surface area contributed by atoms with E-state index < -0.39 is 30.8 Å². The van der Waals surface area contributed by atoms with Crippen molar-refractivity contribution >= 4 is 17.6 Å². The highest BCUT2D eigenvalue weighted by atomic mass is 19.3. The highest BCUT2D eigenvalue weighted by Crippen LogP contribution is 2.22. The Bertz CT molecular complexity index is 556. The number of alkyl halides is 4. The number of esters is 1. The van der Waals surface area contributed by atoms with Gasteiger partial charge >= 0.3 is 18.3 Å². The van der Waals surface area contributed by atoms with Crippen LogP contribution in [0.25, 0.3) is 0 Å². The molecule has 0 spiro atoms. The van der Waals surface area contributed by atoms with E-state index in [1.165, 1.54) is 0 Å². The summed E-state index contributed by atoms with van der Waals surface area (Å²) in [5.41, 5.74) is 1.45. The fourth-order valence-corrected chi connectivity index (χ4v) is 1.24. The monoisotopic (exact) mass is 319 g/mol. The van der Waals surface area contributed by atoms with E-state index in [-0.39, 0.29) is 0 Å². The molecule has 4 nitrogen and oxygen atoms in total. The Kier molecular flexibility index (Phi) is 6.09. The number of anilines is 1. The first-order chi connectivity index (χ1) is 10.2. The van der Waals surface area contributed by atoms with Gasteiger partial charge in [-0.15, -0.1) is 0 Å². The van der Waals surface area contributed by atoms with Gasteiger partial charge < -0.3 is 10.1 Å². The summed E-state index contributed by atoms with van der Waals surface area (Å²) < 4.78 is 52.6. The third-order valence-corrected chi connectivity index (χ3v) is 2.42. The number of hydrogen-bond acceptors (Lipinski definition) is 3. The summed E-state index contributed by atoms with van der Waals surface area (Å²) in [6.07, 6.45) is -2.61. The van der Waals surface area contributed by atoms with E-state index in [0.29, 0.717) is 11.8 Å². The van der Waals surface area contributed by atoms with Crippen molar-refractivity contribution in [1.29, 1.82) is 0 Å². The minimum absolute atomic E-state index is 0.470. The second-order valence-electron chi connectivity index (χ2n) is 4.36. The van der Waals surface area contributed by atoms with Gasteiger partial charge in [-0.2, -0.15) is 8.78 Å². The molecule has 0 bridgehead atoms. The molecule has 1 rings (SSSR count). The Hall–Kier alpha value is -2.38. The lowest BCUT2D eigenvalue weighted by Gasteiger charge is -2.13. The van der Waals surface area contributed by atoms with Crippen LogP contribution in [0.1, 0.15) is 5.56 Å². The molecule has 0 unspecified atom stereocenters. The quantitative estimate of drug-likeness (QED) is 0.498. The maximum Gasteiger partial charge on any atom is 0.340 e. The largest absolute Gasteiger partial charge is 0.456 e. The molecule has 0 fully saturated rings. The first-order valence-electron chi connectivity index (χ1n) is 6.09. The highest BCUT2D eigenvalue weighted by molar-refractivity contribution is 6.02. The van der Waals surface area contributed by atoms with Gasteiger partial charge in [-0.05, 0) is 19.1 Å². The average Bonchev–Trinajstić information content (AvgIpc) is 2.45. The SMILES string of the molecule is Cc1ccc(NC(=O)C=CC(=O)OCC(F)(F)C(F)F)cc1. The van der Waals surface area contributed by atoms with Gasteiger partial charge in [-0.3, -0.25) is 4.79 Å². The number of carbonyl (C=O) groups is 2. The van der Waals surface area contributed by atoms with Crippen molar-refractivity contribution < 1.29 is 31.9 Å². The van der Waals surface area contributed by atoms with E-state index >= 15 is 0 Å². The Labute approximate surface area is 123 Å². The molecular formula is C14H13F4NO3. The van der Waals surface area contributed by atoms with Gasteiger partial charge in [-0.25, -0.2) is 13.6 Å². The fraction of sp³-hybridized carbons (Fsp3) is 0.286. The summed E-state index contributed by atoms with van der Waals surface area (Å²) in [5, 5.41) is 2.41. The summed E-state index contributed by atoms with van der Waals surface area (Å²) in [6, 6.07) is 6.76. The summed E-state index contributed by atoms with van der Waals surface area (Å²) in [4.78, 5) is 22.5. The Morgan fingerprint density at radius 1 is 1.23 bits per heavy atom. The molecule has 0 aliphatic rings. The van der Waals surface area contributed by atoms with Gasteiger partial charge in [0.25, 0.3) is 0 Å². The zero-order chi connectivity index (χ0) is 16.8. The molecule has 0 radical (unpaired) electrons. The van der Waals surface area contributed by atoms with E-state index in [9.17, 15) is 27.2 Å². The highest BCUT2D eigenvalue weighted by Gasteiger charge is 2.42. The van der Waals surface area contributed by atoms with Gasteiger partial charge in [-0.1, -0.05) is 17.7 Å². The minimum atomic E-state index is -4.42. The molecule has 0 aliphatic heterocycles. The molecule has 0 atom stereocenters. The number of hydrogen-bond donors (Lipinski definition) is 1. The molecule has 8 heteroatoms.